The molecule has 0 unspecified atom stereocenters. The number of unbranched alkanes of at least 4 members (excludes halogenated alkanes) is 2. The molecule has 8 rings (SSSR count). The smallest absolute Gasteiger partial charge is 0.493 e. The lowest BCUT2D eigenvalue weighted by atomic mass is 9.81. The lowest BCUT2D eigenvalue weighted by molar-refractivity contribution is -0.0980. The van der Waals surface area contributed by atoms with E-state index in [-0.39, 0.29) is 31.9 Å². The number of hydrogen-bond donors (Lipinski definition) is 0. The average Bonchev–Trinajstić information content (AvgIpc) is 4.31. The zero-order valence-electron chi connectivity index (χ0n) is 45.1. The van der Waals surface area contributed by atoms with Crippen LogP contribution >= 0.6 is 79.2 Å². The van der Waals surface area contributed by atoms with Crippen LogP contribution in [0, 0.1) is 7.14 Å². The zero-order chi connectivity index (χ0) is 55.3. The predicted octanol–water partition coefficient (Wildman–Crippen LogP) is 15.5. The van der Waals surface area contributed by atoms with E-state index < -0.39 is 0 Å². The summed E-state index contributed by atoms with van der Waals surface area (Å²) in [5.74, 6) is 6.15. The maximum atomic E-state index is 8.00. The molecule has 4 heterocycles. The van der Waals surface area contributed by atoms with E-state index in [1.54, 1.807) is 34.0 Å². The third kappa shape index (κ3) is 20.0. The van der Waals surface area contributed by atoms with E-state index in [1.165, 1.54) is 0 Å². The highest BCUT2D eigenvalue weighted by atomic mass is 127. The van der Waals surface area contributed by atoms with E-state index in [1.807, 2.05) is 150 Å². The first-order valence-electron chi connectivity index (χ1n) is 25.5. The molecule has 0 saturated carbocycles. The van der Waals surface area contributed by atoms with Crippen LogP contribution in [0.15, 0.2) is 129 Å². The highest BCUT2D eigenvalue weighted by molar-refractivity contribution is 14.1. The molecule has 77 heavy (non-hydrogen) atoms. The largest absolute Gasteiger partial charge is 0.499 e. The van der Waals surface area contributed by atoms with Crippen LogP contribution in [0.4, 0.5) is 0 Å². The minimum atomic E-state index is -0.382. The van der Waals surface area contributed by atoms with E-state index in [0.29, 0.717) is 33.0 Å². The summed E-state index contributed by atoms with van der Waals surface area (Å²) in [5, 5.41) is 12.2. The maximum absolute atomic E-state index is 8.00. The van der Waals surface area contributed by atoms with Gasteiger partial charge >= 0.3 is 7.12 Å². The summed E-state index contributed by atoms with van der Waals surface area (Å²) in [6.45, 7) is 21.1. The summed E-state index contributed by atoms with van der Waals surface area (Å²) in [7, 11) is -0.382. The van der Waals surface area contributed by atoms with Crippen molar-refractivity contribution in [1.82, 2.24) is 0 Å². The standard InChI is InChI=1S/C29H32O5S2.C16H16I2O2.C13H21BO4S.CH2O/c1-3-30-21-34-29-20-36-18-25(29)23-12-6-8-14-27(23)33-16-10-9-15-32-26-13-7-5-11-22(26)24-17-35-19-28(24)31-4-2;17-13-7-1-3-9-15(13)19-11-5-6-12-20-16-10-4-2-8-14(16)18;1-6-15-9-16-11-8-19-7-10(11)14-17-12(2,3)13(4,5)18-14;1-2/h5-8,11-14,17-20H,3-4,9-10,15-16,21H2,1-2H3;1-4,7-10H,5-6,11-12H2;7-8H,6,9H2,1-5H3;1H2. The van der Waals surface area contributed by atoms with Gasteiger partial charge < -0.3 is 56.7 Å². The number of hydrogen-bond acceptors (Lipinski definition) is 15. The van der Waals surface area contributed by atoms with Gasteiger partial charge in [0.25, 0.3) is 0 Å². The molecule has 0 spiro atoms. The first-order valence-corrected chi connectivity index (χ1v) is 30.5. The normalized spacial score (nSPS) is 12.9. The van der Waals surface area contributed by atoms with Gasteiger partial charge in [0.2, 0.25) is 0 Å². The fraction of sp³-hybridized carbons (Fsp3) is 0.373. The number of carbonyl (C=O) groups excluding carboxylic acids is 1. The van der Waals surface area contributed by atoms with Crippen LogP contribution in [0.25, 0.3) is 22.3 Å². The zero-order valence-corrected chi connectivity index (χ0v) is 51.8. The number of thiophene rings is 3. The van der Waals surface area contributed by atoms with Crippen molar-refractivity contribution in [3.05, 3.63) is 136 Å². The molecule has 4 aromatic carbocycles. The highest BCUT2D eigenvalue weighted by Crippen LogP contribution is 2.41. The van der Waals surface area contributed by atoms with Crippen molar-refractivity contribution in [3.8, 4) is 62.5 Å². The average molecular weight is 1330 g/mol. The summed E-state index contributed by atoms with van der Waals surface area (Å²) in [4.78, 5) is 8.00. The maximum Gasteiger partial charge on any atom is 0.499 e. The topological polar surface area (TPSA) is 119 Å². The Bertz CT molecular complexity index is 2680. The van der Waals surface area contributed by atoms with Gasteiger partial charge in [-0.15, -0.1) is 34.0 Å². The molecule has 18 heteroatoms. The number of carbonyl (C=O) groups is 1. The van der Waals surface area contributed by atoms with Gasteiger partial charge in [0, 0.05) is 67.8 Å². The molecular formula is C59H71BI2O12S3. The van der Waals surface area contributed by atoms with Crippen LogP contribution in [-0.2, 0) is 23.6 Å². The minimum absolute atomic E-state index is 0.242. The first kappa shape index (κ1) is 63.4. The summed E-state index contributed by atoms with van der Waals surface area (Å²) in [6.07, 6.45) is 3.76. The van der Waals surface area contributed by atoms with E-state index in [0.717, 1.165) is 114 Å². The van der Waals surface area contributed by atoms with Gasteiger partial charge in [0.15, 0.2) is 13.6 Å². The van der Waals surface area contributed by atoms with Crippen molar-refractivity contribution >= 4 is 98.6 Å². The third-order valence-electron chi connectivity index (χ3n) is 11.9. The molecule has 1 fully saturated rings. The Hall–Kier alpha value is -4.39. The van der Waals surface area contributed by atoms with Gasteiger partial charge in [-0.2, -0.15) is 0 Å². The van der Waals surface area contributed by atoms with E-state index >= 15 is 0 Å². The lowest BCUT2D eigenvalue weighted by Gasteiger charge is -2.32. The Morgan fingerprint density at radius 2 is 0.792 bits per heavy atom. The molecular weight excluding hydrogens is 1260 g/mol. The quantitative estimate of drug-likeness (QED) is 0.0211. The molecule has 0 aliphatic carbocycles. The number of ether oxygens (including phenoxy) is 9. The van der Waals surface area contributed by atoms with Crippen molar-refractivity contribution in [3.63, 3.8) is 0 Å². The molecule has 0 bridgehead atoms. The number of benzene rings is 4. The molecule has 0 N–H and O–H groups in total. The SMILES string of the molecule is C=O.CCOCOc1cscc1-c1ccccc1OCCCCOc1ccccc1-c1cscc1OCC.CCOCOc1cscc1B1OC(C)(C)C(C)(C)O1.Ic1ccccc1OCCCCOc1ccccc1I. The minimum Gasteiger partial charge on any atom is -0.493 e. The van der Waals surface area contributed by atoms with Crippen LogP contribution in [-0.4, -0.2) is 84.9 Å². The van der Waals surface area contributed by atoms with Crippen molar-refractivity contribution < 1.29 is 56.7 Å². The van der Waals surface area contributed by atoms with Crippen molar-refractivity contribution in [2.75, 3.05) is 59.8 Å². The van der Waals surface area contributed by atoms with Gasteiger partial charge in [-0.05, 0) is 161 Å². The molecule has 12 nitrogen and oxygen atoms in total. The molecule has 3 aromatic heterocycles. The Labute approximate surface area is 495 Å². The van der Waals surface area contributed by atoms with E-state index in [4.69, 9.17) is 56.7 Å². The van der Waals surface area contributed by atoms with Crippen LogP contribution in [0.2, 0.25) is 0 Å². The fourth-order valence-corrected chi connectivity index (χ4v) is 10.6. The Morgan fingerprint density at radius 3 is 1.22 bits per heavy atom. The Morgan fingerprint density at radius 1 is 0.429 bits per heavy atom. The molecule has 1 aliphatic heterocycles. The summed E-state index contributed by atoms with van der Waals surface area (Å²) in [5.41, 5.74) is 4.45. The molecule has 0 atom stereocenters. The second-order valence-electron chi connectivity index (χ2n) is 17.7. The van der Waals surface area contributed by atoms with Crippen LogP contribution in [0.5, 0.6) is 40.2 Å². The van der Waals surface area contributed by atoms with E-state index in [2.05, 4.69) is 80.2 Å². The Kier molecular flexibility index (Phi) is 28.5. The number of rotatable bonds is 27. The van der Waals surface area contributed by atoms with Gasteiger partial charge in [-0.1, -0.05) is 60.7 Å². The molecule has 414 valence electrons. The van der Waals surface area contributed by atoms with Crippen molar-refractivity contribution in [2.45, 2.75) is 85.4 Å². The van der Waals surface area contributed by atoms with Gasteiger partial charge in [-0.25, -0.2) is 0 Å². The van der Waals surface area contributed by atoms with Crippen LogP contribution < -0.4 is 38.6 Å². The summed E-state index contributed by atoms with van der Waals surface area (Å²) >= 11 is 9.39. The summed E-state index contributed by atoms with van der Waals surface area (Å²) in [6, 6.07) is 32.3. The van der Waals surface area contributed by atoms with Gasteiger partial charge in [0.05, 0.1) is 51.4 Å². The van der Waals surface area contributed by atoms with Gasteiger partial charge in [0.1, 0.15) is 47.0 Å². The molecule has 0 radical (unpaired) electrons. The Balaban J connectivity index is 0.000000227. The second-order valence-corrected chi connectivity index (χ2v) is 22.2. The number of para-hydroxylation sites is 4. The van der Waals surface area contributed by atoms with Crippen molar-refractivity contribution in [1.29, 1.82) is 0 Å². The highest BCUT2D eigenvalue weighted by Gasteiger charge is 2.52. The first-order chi connectivity index (χ1) is 37.5. The summed E-state index contributed by atoms with van der Waals surface area (Å²) < 4.78 is 65.9. The van der Waals surface area contributed by atoms with E-state index in [9.17, 15) is 0 Å². The van der Waals surface area contributed by atoms with Gasteiger partial charge in [-0.3, -0.25) is 0 Å². The molecule has 7 aromatic rings. The van der Waals surface area contributed by atoms with Crippen LogP contribution in [0.1, 0.15) is 74.1 Å². The van der Waals surface area contributed by atoms with Crippen LogP contribution in [0.3, 0.4) is 0 Å². The predicted molar refractivity (Wildman–Crippen MR) is 331 cm³/mol. The molecule has 1 saturated heterocycles. The monoisotopic (exact) mass is 1330 g/mol. The number of halogens is 2. The molecule has 1 aliphatic rings. The fourth-order valence-electron chi connectivity index (χ4n) is 7.16. The second kappa shape index (κ2) is 34.6. The lowest BCUT2D eigenvalue weighted by Crippen LogP contribution is -2.41. The molecule has 0 amide bonds. The van der Waals surface area contributed by atoms with Crippen molar-refractivity contribution in [2.24, 2.45) is 0 Å². The third-order valence-corrected chi connectivity index (χ3v) is 15.8.